The third-order valence-corrected chi connectivity index (χ3v) is 6.74. The van der Waals surface area contributed by atoms with E-state index in [1.54, 1.807) is 0 Å². The zero-order valence-corrected chi connectivity index (χ0v) is 20.7. The predicted molar refractivity (Wildman–Crippen MR) is 131 cm³/mol. The van der Waals surface area contributed by atoms with E-state index in [0.29, 0.717) is 0 Å². The van der Waals surface area contributed by atoms with Crippen LogP contribution in [0.5, 0.6) is 0 Å². The molecule has 0 radical (unpaired) electrons. The summed E-state index contributed by atoms with van der Waals surface area (Å²) < 4.78 is 0. The van der Waals surface area contributed by atoms with Gasteiger partial charge in [-0.1, -0.05) is 169 Å². The zero-order chi connectivity index (χ0) is 20.7. The van der Waals surface area contributed by atoms with Gasteiger partial charge in [-0.05, 0) is 11.8 Å². The van der Waals surface area contributed by atoms with Gasteiger partial charge < -0.3 is 0 Å². The molecule has 0 saturated heterocycles. The fourth-order valence-electron chi connectivity index (χ4n) is 4.53. The number of unbranched alkanes of at least 4 members (excludes halogenated alkanes) is 15. The summed E-state index contributed by atoms with van der Waals surface area (Å²) in [7, 11) is 0. The van der Waals surface area contributed by atoms with Crippen molar-refractivity contribution in [2.45, 2.75) is 169 Å². The maximum Gasteiger partial charge on any atom is -0.0443 e. The second-order valence-electron chi connectivity index (χ2n) is 10.0. The van der Waals surface area contributed by atoms with Crippen molar-refractivity contribution < 1.29 is 0 Å². The average molecular weight is 395 g/mol. The molecule has 0 saturated carbocycles. The Morgan fingerprint density at radius 1 is 0.321 bits per heavy atom. The highest BCUT2D eigenvalue weighted by molar-refractivity contribution is 4.59. The molecule has 0 aromatic rings. The minimum atomic E-state index is 0.961. The lowest BCUT2D eigenvalue weighted by molar-refractivity contribution is 0.400. The highest BCUT2D eigenvalue weighted by Gasteiger charge is 2.05. The van der Waals surface area contributed by atoms with Crippen molar-refractivity contribution in [3.63, 3.8) is 0 Å². The summed E-state index contributed by atoms with van der Waals surface area (Å²) in [5, 5.41) is 0. The van der Waals surface area contributed by atoms with Crippen molar-refractivity contribution in [1.29, 1.82) is 0 Å². The first-order chi connectivity index (χ1) is 13.7. The van der Waals surface area contributed by atoms with Crippen LogP contribution in [0.4, 0.5) is 0 Å². The third-order valence-electron chi connectivity index (χ3n) is 6.74. The summed E-state index contributed by atoms with van der Waals surface area (Å²) in [6.45, 7) is 9.59. The fraction of sp³-hybridized carbons (Fsp3) is 1.00. The van der Waals surface area contributed by atoms with Crippen LogP contribution in [-0.4, -0.2) is 0 Å². The lowest BCUT2D eigenvalue weighted by Crippen LogP contribution is -1.98. The van der Waals surface area contributed by atoms with Gasteiger partial charge >= 0.3 is 0 Å². The van der Waals surface area contributed by atoms with Gasteiger partial charge in [-0.15, -0.1) is 0 Å². The molecule has 0 aromatic carbocycles. The molecule has 0 spiro atoms. The highest BCUT2D eigenvalue weighted by atomic mass is 14.1. The van der Waals surface area contributed by atoms with Gasteiger partial charge in [0.1, 0.15) is 0 Å². The minimum absolute atomic E-state index is 0.961. The van der Waals surface area contributed by atoms with Crippen molar-refractivity contribution in [2.75, 3.05) is 0 Å². The van der Waals surface area contributed by atoms with Gasteiger partial charge in [-0.3, -0.25) is 0 Å². The number of hydrogen-bond acceptors (Lipinski definition) is 0. The summed E-state index contributed by atoms with van der Waals surface area (Å²) >= 11 is 0. The molecule has 0 amide bonds. The summed E-state index contributed by atoms with van der Waals surface area (Å²) in [6, 6.07) is 0. The SMILES string of the molecule is CCCCCCCCCCC(C)CCCCC(C)CCCCCCCCCC. The van der Waals surface area contributed by atoms with E-state index < -0.39 is 0 Å². The van der Waals surface area contributed by atoms with Crippen LogP contribution in [0.1, 0.15) is 169 Å². The molecule has 28 heavy (non-hydrogen) atoms. The summed E-state index contributed by atoms with van der Waals surface area (Å²) in [5.41, 5.74) is 0. The molecule has 0 fully saturated rings. The van der Waals surface area contributed by atoms with Crippen LogP contribution in [0.15, 0.2) is 0 Å². The molecule has 170 valence electrons. The molecule has 0 rings (SSSR count). The smallest absolute Gasteiger partial charge is 0.0443 e. The molecule has 2 unspecified atom stereocenters. The predicted octanol–water partition coefficient (Wildman–Crippen LogP) is 10.9. The largest absolute Gasteiger partial charge is 0.0654 e. The van der Waals surface area contributed by atoms with Crippen molar-refractivity contribution in [3.05, 3.63) is 0 Å². The van der Waals surface area contributed by atoms with E-state index in [-0.39, 0.29) is 0 Å². The molecule has 0 nitrogen and oxygen atoms in total. The molecule has 0 heteroatoms. The normalized spacial score (nSPS) is 13.7. The van der Waals surface area contributed by atoms with Gasteiger partial charge in [-0.25, -0.2) is 0 Å². The van der Waals surface area contributed by atoms with Gasteiger partial charge in [-0.2, -0.15) is 0 Å². The maximum absolute atomic E-state index is 2.49. The molecule has 2 atom stereocenters. The van der Waals surface area contributed by atoms with E-state index in [4.69, 9.17) is 0 Å². The quantitative estimate of drug-likeness (QED) is 0.151. The molecule has 0 bridgehead atoms. The van der Waals surface area contributed by atoms with Crippen molar-refractivity contribution in [1.82, 2.24) is 0 Å². The minimum Gasteiger partial charge on any atom is -0.0654 e. The summed E-state index contributed by atoms with van der Waals surface area (Å²) in [5.74, 6) is 1.92. The second-order valence-corrected chi connectivity index (χ2v) is 10.0. The monoisotopic (exact) mass is 394 g/mol. The van der Waals surface area contributed by atoms with Crippen LogP contribution in [0.2, 0.25) is 0 Å². The lowest BCUT2D eigenvalue weighted by Gasteiger charge is -2.13. The van der Waals surface area contributed by atoms with E-state index in [1.807, 2.05) is 0 Å². The summed E-state index contributed by atoms with van der Waals surface area (Å²) in [4.78, 5) is 0. The van der Waals surface area contributed by atoms with Gasteiger partial charge in [0.05, 0.1) is 0 Å². The summed E-state index contributed by atoms with van der Waals surface area (Å²) in [6.07, 6.45) is 32.2. The van der Waals surface area contributed by atoms with Crippen LogP contribution in [0.3, 0.4) is 0 Å². The molecule has 0 aliphatic carbocycles. The molecule has 0 aliphatic rings. The Bertz CT molecular complexity index is 241. The van der Waals surface area contributed by atoms with Crippen LogP contribution >= 0.6 is 0 Å². The van der Waals surface area contributed by atoms with Crippen LogP contribution in [-0.2, 0) is 0 Å². The number of rotatable bonds is 23. The van der Waals surface area contributed by atoms with Gasteiger partial charge in [0.15, 0.2) is 0 Å². The van der Waals surface area contributed by atoms with Crippen molar-refractivity contribution >= 4 is 0 Å². The first-order valence-electron chi connectivity index (χ1n) is 13.7. The van der Waals surface area contributed by atoms with E-state index >= 15 is 0 Å². The Hall–Kier alpha value is 0. The van der Waals surface area contributed by atoms with E-state index in [0.717, 1.165) is 11.8 Å². The average Bonchev–Trinajstić information content (AvgIpc) is 2.69. The molecule has 0 aliphatic heterocycles. The Labute approximate surface area is 181 Å². The Morgan fingerprint density at radius 3 is 0.821 bits per heavy atom. The van der Waals surface area contributed by atoms with E-state index in [9.17, 15) is 0 Å². The van der Waals surface area contributed by atoms with Crippen molar-refractivity contribution in [2.24, 2.45) is 11.8 Å². The molecular formula is C28H58. The van der Waals surface area contributed by atoms with Crippen LogP contribution in [0, 0.1) is 11.8 Å². The van der Waals surface area contributed by atoms with Gasteiger partial charge in [0.25, 0.3) is 0 Å². The molecule has 0 N–H and O–H groups in total. The van der Waals surface area contributed by atoms with Crippen molar-refractivity contribution in [3.8, 4) is 0 Å². The Morgan fingerprint density at radius 2 is 0.536 bits per heavy atom. The second kappa shape index (κ2) is 23.3. The number of hydrogen-bond donors (Lipinski definition) is 0. The first kappa shape index (κ1) is 28.0. The van der Waals surface area contributed by atoms with E-state index in [1.165, 1.54) is 141 Å². The van der Waals surface area contributed by atoms with E-state index in [2.05, 4.69) is 27.7 Å². The zero-order valence-electron chi connectivity index (χ0n) is 20.7. The highest BCUT2D eigenvalue weighted by Crippen LogP contribution is 2.21. The Balaban J connectivity index is 3.28. The maximum atomic E-state index is 2.49. The topological polar surface area (TPSA) is 0 Å². The first-order valence-corrected chi connectivity index (χ1v) is 13.7. The molecule has 0 aromatic heterocycles. The lowest BCUT2D eigenvalue weighted by atomic mass is 9.93. The molecule has 0 heterocycles. The Kier molecular flexibility index (Phi) is 23.3. The van der Waals surface area contributed by atoms with Gasteiger partial charge in [0, 0.05) is 0 Å². The third kappa shape index (κ3) is 22.3. The van der Waals surface area contributed by atoms with Crippen LogP contribution in [0.25, 0.3) is 0 Å². The molecular weight excluding hydrogens is 336 g/mol. The van der Waals surface area contributed by atoms with Gasteiger partial charge in [0.2, 0.25) is 0 Å². The fourth-order valence-corrected chi connectivity index (χ4v) is 4.53. The van der Waals surface area contributed by atoms with Crippen LogP contribution < -0.4 is 0 Å². The standard InChI is InChI=1S/C28H58/c1-5-7-9-11-13-15-17-19-23-27(3)25-21-22-26-28(4)24-20-18-16-14-12-10-8-6-2/h27-28H,5-26H2,1-4H3.